The van der Waals surface area contributed by atoms with E-state index in [1.807, 2.05) is 0 Å². The Morgan fingerprint density at radius 2 is 2.29 bits per heavy atom. The van der Waals surface area contributed by atoms with E-state index >= 15 is 0 Å². The molecular formula is C10H11N3O4. The molecule has 1 amide bonds. The van der Waals surface area contributed by atoms with Crippen molar-refractivity contribution in [1.29, 1.82) is 0 Å². The van der Waals surface area contributed by atoms with Gasteiger partial charge in [-0.1, -0.05) is 0 Å². The van der Waals surface area contributed by atoms with Gasteiger partial charge in [0.2, 0.25) is 11.8 Å². The SMILES string of the molecule is COc1ccc(N2CC(C(=O)O)CC2=O)nn1. The molecule has 1 saturated heterocycles. The molecule has 90 valence electrons. The molecule has 1 atom stereocenters. The number of hydrogen-bond donors (Lipinski definition) is 1. The molecule has 1 aromatic rings. The predicted molar refractivity (Wildman–Crippen MR) is 56.7 cm³/mol. The first kappa shape index (κ1) is 11.3. The Labute approximate surface area is 97.0 Å². The Balaban J connectivity index is 2.17. The number of carbonyl (C=O) groups excluding carboxylic acids is 1. The molecule has 1 N–H and O–H groups in total. The lowest BCUT2D eigenvalue weighted by atomic mass is 10.1. The number of ether oxygens (including phenoxy) is 1. The van der Waals surface area contributed by atoms with Crippen LogP contribution in [0.3, 0.4) is 0 Å². The molecule has 7 heteroatoms. The van der Waals surface area contributed by atoms with Gasteiger partial charge >= 0.3 is 5.97 Å². The van der Waals surface area contributed by atoms with Gasteiger partial charge in [0.1, 0.15) is 0 Å². The van der Waals surface area contributed by atoms with Crippen molar-refractivity contribution >= 4 is 17.7 Å². The molecule has 0 saturated carbocycles. The second-order valence-corrected chi connectivity index (χ2v) is 3.68. The molecule has 0 radical (unpaired) electrons. The summed E-state index contributed by atoms with van der Waals surface area (Å²) in [6, 6.07) is 3.15. The fourth-order valence-corrected chi connectivity index (χ4v) is 1.66. The number of aromatic nitrogens is 2. The number of rotatable bonds is 3. The highest BCUT2D eigenvalue weighted by Crippen LogP contribution is 2.23. The number of carboxylic acid groups (broad SMARTS) is 1. The third kappa shape index (κ3) is 2.17. The van der Waals surface area contributed by atoms with Crippen LogP contribution in [0, 0.1) is 5.92 Å². The molecule has 1 aliphatic heterocycles. The standard InChI is InChI=1S/C10H11N3O4/c1-17-8-3-2-7(11-12-8)13-5-6(10(15)16)4-9(13)14/h2-3,6H,4-5H2,1H3,(H,15,16). The topological polar surface area (TPSA) is 92.6 Å². The van der Waals surface area contributed by atoms with Gasteiger partial charge in [-0.3, -0.25) is 14.5 Å². The van der Waals surface area contributed by atoms with Crippen molar-refractivity contribution in [2.24, 2.45) is 5.92 Å². The van der Waals surface area contributed by atoms with Crippen LogP contribution >= 0.6 is 0 Å². The molecule has 1 aromatic heterocycles. The maximum atomic E-state index is 11.6. The molecule has 17 heavy (non-hydrogen) atoms. The molecule has 2 heterocycles. The van der Waals surface area contributed by atoms with E-state index in [4.69, 9.17) is 9.84 Å². The van der Waals surface area contributed by atoms with E-state index in [0.717, 1.165) is 0 Å². The normalized spacial score (nSPS) is 19.5. The molecule has 0 spiro atoms. The van der Waals surface area contributed by atoms with Crippen molar-refractivity contribution in [2.45, 2.75) is 6.42 Å². The average Bonchev–Trinajstić information content (AvgIpc) is 2.72. The van der Waals surface area contributed by atoms with Gasteiger partial charge in [0.15, 0.2) is 5.82 Å². The largest absolute Gasteiger partial charge is 0.481 e. The summed E-state index contributed by atoms with van der Waals surface area (Å²) in [6.45, 7) is 0.134. The van der Waals surface area contributed by atoms with E-state index in [2.05, 4.69) is 10.2 Å². The Morgan fingerprint density at radius 1 is 1.53 bits per heavy atom. The maximum absolute atomic E-state index is 11.6. The van der Waals surface area contributed by atoms with Crippen molar-refractivity contribution in [3.05, 3.63) is 12.1 Å². The van der Waals surface area contributed by atoms with Gasteiger partial charge in [0, 0.05) is 19.0 Å². The van der Waals surface area contributed by atoms with Crippen LogP contribution in [0.2, 0.25) is 0 Å². The van der Waals surface area contributed by atoms with E-state index < -0.39 is 11.9 Å². The van der Waals surface area contributed by atoms with Gasteiger partial charge in [0.25, 0.3) is 0 Å². The number of nitrogens with zero attached hydrogens (tertiary/aromatic N) is 3. The van der Waals surface area contributed by atoms with Crippen molar-refractivity contribution in [1.82, 2.24) is 10.2 Å². The molecule has 0 bridgehead atoms. The third-order valence-electron chi connectivity index (χ3n) is 2.59. The Hall–Kier alpha value is -2.18. The number of aliphatic carboxylic acids is 1. The summed E-state index contributed by atoms with van der Waals surface area (Å²) in [5.41, 5.74) is 0. The molecule has 7 nitrogen and oxygen atoms in total. The van der Waals surface area contributed by atoms with E-state index in [1.165, 1.54) is 12.0 Å². The summed E-state index contributed by atoms with van der Waals surface area (Å²) in [4.78, 5) is 23.7. The number of carboxylic acids is 1. The van der Waals surface area contributed by atoms with Gasteiger partial charge in [-0.25, -0.2) is 0 Å². The molecular weight excluding hydrogens is 226 g/mol. The van der Waals surface area contributed by atoms with E-state index in [-0.39, 0.29) is 18.9 Å². The smallest absolute Gasteiger partial charge is 0.308 e. The number of carbonyl (C=O) groups is 2. The number of methoxy groups -OCH3 is 1. The summed E-state index contributed by atoms with van der Waals surface area (Å²) in [6.07, 6.45) is 0.00302. The lowest BCUT2D eigenvalue weighted by Gasteiger charge is -2.13. The fourth-order valence-electron chi connectivity index (χ4n) is 1.66. The van der Waals surface area contributed by atoms with Crippen LogP contribution in [-0.4, -0.2) is 40.8 Å². The molecule has 0 aliphatic carbocycles. The van der Waals surface area contributed by atoms with Crippen LogP contribution in [-0.2, 0) is 9.59 Å². The Bertz CT molecular complexity index is 445. The first-order chi connectivity index (χ1) is 8.11. The molecule has 0 aromatic carbocycles. The average molecular weight is 237 g/mol. The van der Waals surface area contributed by atoms with Crippen molar-refractivity contribution in [3.63, 3.8) is 0 Å². The third-order valence-corrected chi connectivity index (χ3v) is 2.59. The summed E-state index contributed by atoms with van der Waals surface area (Å²) in [5, 5.41) is 16.4. The van der Waals surface area contributed by atoms with E-state index in [9.17, 15) is 9.59 Å². The zero-order chi connectivity index (χ0) is 12.4. The van der Waals surface area contributed by atoms with Gasteiger partial charge in [-0.05, 0) is 6.07 Å². The molecule has 1 unspecified atom stereocenters. The predicted octanol–water partition coefficient (Wildman–Crippen LogP) is -0.0773. The first-order valence-corrected chi connectivity index (χ1v) is 5.02. The molecule has 1 fully saturated rings. The van der Waals surface area contributed by atoms with Crippen LogP contribution < -0.4 is 9.64 Å². The number of anilines is 1. The van der Waals surface area contributed by atoms with Crippen molar-refractivity contribution in [3.8, 4) is 5.88 Å². The zero-order valence-electron chi connectivity index (χ0n) is 9.16. The van der Waals surface area contributed by atoms with E-state index in [1.54, 1.807) is 12.1 Å². The fraction of sp³-hybridized carbons (Fsp3) is 0.400. The van der Waals surface area contributed by atoms with Crippen LogP contribution in [0.4, 0.5) is 5.82 Å². The maximum Gasteiger partial charge on any atom is 0.308 e. The highest BCUT2D eigenvalue weighted by Gasteiger charge is 2.35. The minimum absolute atomic E-state index is 0.00302. The second kappa shape index (κ2) is 4.36. The summed E-state index contributed by atoms with van der Waals surface area (Å²) >= 11 is 0. The Kier molecular flexibility index (Phi) is 2.90. The highest BCUT2D eigenvalue weighted by molar-refractivity contribution is 5.98. The van der Waals surface area contributed by atoms with Crippen molar-refractivity contribution in [2.75, 3.05) is 18.6 Å². The van der Waals surface area contributed by atoms with Crippen LogP contribution in [0.25, 0.3) is 0 Å². The van der Waals surface area contributed by atoms with Gasteiger partial charge in [-0.2, -0.15) is 0 Å². The van der Waals surface area contributed by atoms with Gasteiger partial charge < -0.3 is 9.84 Å². The lowest BCUT2D eigenvalue weighted by Crippen LogP contribution is -2.26. The van der Waals surface area contributed by atoms with E-state index in [0.29, 0.717) is 11.7 Å². The summed E-state index contributed by atoms with van der Waals surface area (Å²) in [5.74, 6) is -1.21. The molecule has 1 aliphatic rings. The minimum Gasteiger partial charge on any atom is -0.481 e. The van der Waals surface area contributed by atoms with Gasteiger partial charge in [-0.15, -0.1) is 10.2 Å². The van der Waals surface area contributed by atoms with Gasteiger partial charge in [0.05, 0.1) is 13.0 Å². The van der Waals surface area contributed by atoms with Crippen LogP contribution in [0.5, 0.6) is 5.88 Å². The van der Waals surface area contributed by atoms with Crippen LogP contribution in [0.1, 0.15) is 6.42 Å². The number of hydrogen-bond acceptors (Lipinski definition) is 5. The quantitative estimate of drug-likeness (QED) is 0.790. The summed E-state index contributed by atoms with van der Waals surface area (Å²) in [7, 11) is 1.46. The zero-order valence-corrected chi connectivity index (χ0v) is 9.16. The monoisotopic (exact) mass is 237 g/mol. The minimum atomic E-state index is -0.970. The Morgan fingerprint density at radius 3 is 2.76 bits per heavy atom. The van der Waals surface area contributed by atoms with Crippen LogP contribution in [0.15, 0.2) is 12.1 Å². The highest BCUT2D eigenvalue weighted by atomic mass is 16.5. The first-order valence-electron chi connectivity index (χ1n) is 5.02. The lowest BCUT2D eigenvalue weighted by molar-refractivity contribution is -0.141. The second-order valence-electron chi connectivity index (χ2n) is 3.68. The number of amides is 1. The van der Waals surface area contributed by atoms with Crippen molar-refractivity contribution < 1.29 is 19.4 Å². The summed E-state index contributed by atoms with van der Waals surface area (Å²) < 4.78 is 4.85. The molecule has 2 rings (SSSR count).